The predicted molar refractivity (Wildman–Crippen MR) is 96.8 cm³/mol. The van der Waals surface area contributed by atoms with E-state index in [0.717, 1.165) is 32.4 Å². The lowest BCUT2D eigenvalue weighted by molar-refractivity contribution is 0.0150. The molecule has 0 spiro atoms. The summed E-state index contributed by atoms with van der Waals surface area (Å²) in [4.78, 5) is 14.5. The Balaban J connectivity index is 2.54. The van der Waals surface area contributed by atoms with Crippen LogP contribution in [0.1, 0.15) is 86.0 Å². The van der Waals surface area contributed by atoms with Crippen molar-refractivity contribution in [2.45, 2.75) is 104 Å². The van der Waals surface area contributed by atoms with Gasteiger partial charge < -0.3 is 15.0 Å². The minimum absolute atomic E-state index is 0.136. The Morgan fingerprint density at radius 1 is 1.26 bits per heavy atom. The SMILES string of the molecule is CCCCCNC(C)CC1CCCCCN1C(=O)OC(C)(C)C. The molecule has 1 rings (SSSR count). The summed E-state index contributed by atoms with van der Waals surface area (Å²) in [6.07, 6.45) is 9.28. The van der Waals surface area contributed by atoms with Gasteiger partial charge in [-0.05, 0) is 59.9 Å². The van der Waals surface area contributed by atoms with E-state index in [1.54, 1.807) is 0 Å². The first kappa shape index (κ1) is 20.3. The largest absolute Gasteiger partial charge is 0.444 e. The Kier molecular flexibility index (Phi) is 8.96. The number of nitrogens with one attached hydrogen (secondary N) is 1. The van der Waals surface area contributed by atoms with Gasteiger partial charge in [-0.25, -0.2) is 4.79 Å². The number of carbonyl (C=O) groups is 1. The molecule has 136 valence electrons. The van der Waals surface area contributed by atoms with Crippen molar-refractivity contribution in [3.63, 3.8) is 0 Å². The summed E-state index contributed by atoms with van der Waals surface area (Å²) < 4.78 is 5.62. The molecule has 1 aliphatic heterocycles. The summed E-state index contributed by atoms with van der Waals surface area (Å²) in [5, 5.41) is 3.61. The number of hydrogen-bond acceptors (Lipinski definition) is 3. The summed E-state index contributed by atoms with van der Waals surface area (Å²) in [6.45, 7) is 12.2. The second kappa shape index (κ2) is 10.2. The van der Waals surface area contributed by atoms with Gasteiger partial charge in [-0.1, -0.05) is 32.6 Å². The summed E-state index contributed by atoms with van der Waals surface area (Å²) in [5.41, 5.74) is -0.419. The molecule has 1 fully saturated rings. The van der Waals surface area contributed by atoms with Gasteiger partial charge in [-0.3, -0.25) is 0 Å². The Morgan fingerprint density at radius 2 is 2.00 bits per heavy atom. The highest BCUT2D eigenvalue weighted by Crippen LogP contribution is 2.23. The van der Waals surface area contributed by atoms with Crippen molar-refractivity contribution < 1.29 is 9.53 Å². The number of rotatable bonds is 7. The Bertz CT molecular complexity index is 339. The highest BCUT2D eigenvalue weighted by atomic mass is 16.6. The molecule has 23 heavy (non-hydrogen) atoms. The van der Waals surface area contributed by atoms with Gasteiger partial charge in [-0.15, -0.1) is 0 Å². The molecule has 0 aliphatic carbocycles. The molecular formula is C19H38N2O2. The van der Waals surface area contributed by atoms with Crippen molar-refractivity contribution >= 4 is 6.09 Å². The van der Waals surface area contributed by atoms with Crippen LogP contribution in [0, 0.1) is 0 Å². The maximum absolute atomic E-state index is 12.5. The van der Waals surface area contributed by atoms with Crippen LogP contribution in [0.5, 0.6) is 0 Å². The van der Waals surface area contributed by atoms with Crippen molar-refractivity contribution in [2.75, 3.05) is 13.1 Å². The normalized spacial score (nSPS) is 20.9. The van der Waals surface area contributed by atoms with Gasteiger partial charge in [0.05, 0.1) is 0 Å². The van der Waals surface area contributed by atoms with E-state index in [1.165, 1.54) is 32.1 Å². The minimum Gasteiger partial charge on any atom is -0.444 e. The van der Waals surface area contributed by atoms with Gasteiger partial charge in [0, 0.05) is 18.6 Å². The van der Waals surface area contributed by atoms with Gasteiger partial charge in [-0.2, -0.15) is 0 Å². The lowest BCUT2D eigenvalue weighted by Crippen LogP contribution is -2.45. The summed E-state index contributed by atoms with van der Waals surface area (Å²) in [7, 11) is 0. The summed E-state index contributed by atoms with van der Waals surface area (Å²) >= 11 is 0. The molecule has 0 bridgehead atoms. The Hall–Kier alpha value is -0.770. The second-order valence-electron chi connectivity index (χ2n) is 7.97. The lowest BCUT2D eigenvalue weighted by Gasteiger charge is -2.33. The molecule has 2 atom stereocenters. The van der Waals surface area contributed by atoms with E-state index in [1.807, 2.05) is 25.7 Å². The van der Waals surface area contributed by atoms with Crippen LogP contribution in [0.15, 0.2) is 0 Å². The van der Waals surface area contributed by atoms with E-state index < -0.39 is 5.60 Å². The number of likely N-dealkylation sites (tertiary alicyclic amines) is 1. The molecule has 1 aliphatic rings. The quantitative estimate of drug-likeness (QED) is 0.688. The molecule has 0 aromatic carbocycles. The maximum Gasteiger partial charge on any atom is 0.410 e. The zero-order valence-electron chi connectivity index (χ0n) is 16.0. The van der Waals surface area contributed by atoms with Crippen LogP contribution in [0.2, 0.25) is 0 Å². The first-order chi connectivity index (χ1) is 10.8. The zero-order chi connectivity index (χ0) is 17.3. The number of amides is 1. The number of ether oxygens (including phenoxy) is 1. The number of nitrogens with zero attached hydrogens (tertiary/aromatic N) is 1. The van der Waals surface area contributed by atoms with Crippen molar-refractivity contribution in [2.24, 2.45) is 0 Å². The van der Waals surface area contributed by atoms with Crippen molar-refractivity contribution in [1.82, 2.24) is 10.2 Å². The van der Waals surface area contributed by atoms with Crippen LogP contribution in [-0.2, 0) is 4.74 Å². The van der Waals surface area contributed by atoms with Crippen LogP contribution in [0.3, 0.4) is 0 Å². The molecule has 1 N–H and O–H groups in total. The molecule has 0 saturated carbocycles. The van der Waals surface area contributed by atoms with Gasteiger partial charge in [0.2, 0.25) is 0 Å². The molecule has 4 nitrogen and oxygen atoms in total. The predicted octanol–water partition coefficient (Wildman–Crippen LogP) is 4.72. The molecule has 2 unspecified atom stereocenters. The molecule has 0 aromatic heterocycles. The smallest absolute Gasteiger partial charge is 0.410 e. The zero-order valence-corrected chi connectivity index (χ0v) is 16.0. The van der Waals surface area contributed by atoms with Crippen LogP contribution in [0.25, 0.3) is 0 Å². The van der Waals surface area contributed by atoms with E-state index >= 15 is 0 Å². The highest BCUT2D eigenvalue weighted by molar-refractivity contribution is 5.68. The van der Waals surface area contributed by atoms with E-state index in [2.05, 4.69) is 19.2 Å². The average molecular weight is 327 g/mol. The molecule has 1 heterocycles. The molecule has 1 amide bonds. The number of unbranched alkanes of at least 4 members (excludes halogenated alkanes) is 2. The topological polar surface area (TPSA) is 41.6 Å². The van der Waals surface area contributed by atoms with Crippen molar-refractivity contribution in [3.05, 3.63) is 0 Å². The third-order valence-electron chi connectivity index (χ3n) is 4.40. The van der Waals surface area contributed by atoms with E-state index in [0.29, 0.717) is 12.1 Å². The molecule has 0 aromatic rings. The third-order valence-corrected chi connectivity index (χ3v) is 4.40. The standard InChI is InChI=1S/C19H38N2O2/c1-6-7-10-13-20-16(2)15-17-12-9-8-11-14-21(17)18(22)23-19(3,4)5/h16-17,20H,6-15H2,1-5H3. The fourth-order valence-corrected chi connectivity index (χ4v) is 3.20. The lowest BCUT2D eigenvalue weighted by atomic mass is 10.0. The number of carbonyl (C=O) groups excluding carboxylic acids is 1. The summed E-state index contributed by atoms with van der Waals surface area (Å²) in [5.74, 6) is 0. The van der Waals surface area contributed by atoms with Crippen molar-refractivity contribution in [1.29, 1.82) is 0 Å². The second-order valence-corrected chi connectivity index (χ2v) is 7.97. The number of hydrogen-bond donors (Lipinski definition) is 1. The fraction of sp³-hybridized carbons (Fsp3) is 0.947. The maximum atomic E-state index is 12.5. The molecule has 0 radical (unpaired) electrons. The van der Waals surface area contributed by atoms with Crippen LogP contribution in [-0.4, -0.2) is 41.8 Å². The monoisotopic (exact) mass is 326 g/mol. The van der Waals surface area contributed by atoms with E-state index in [-0.39, 0.29) is 6.09 Å². The van der Waals surface area contributed by atoms with Crippen LogP contribution in [0.4, 0.5) is 4.79 Å². The van der Waals surface area contributed by atoms with E-state index in [4.69, 9.17) is 4.74 Å². The Morgan fingerprint density at radius 3 is 2.65 bits per heavy atom. The van der Waals surface area contributed by atoms with Crippen LogP contribution >= 0.6 is 0 Å². The van der Waals surface area contributed by atoms with E-state index in [9.17, 15) is 4.79 Å². The highest BCUT2D eigenvalue weighted by Gasteiger charge is 2.30. The fourth-order valence-electron chi connectivity index (χ4n) is 3.20. The molecule has 4 heteroatoms. The third kappa shape index (κ3) is 8.59. The summed E-state index contributed by atoms with van der Waals surface area (Å²) in [6, 6.07) is 0.751. The Labute approximate surface area is 143 Å². The van der Waals surface area contributed by atoms with Gasteiger partial charge in [0.25, 0.3) is 0 Å². The minimum atomic E-state index is -0.419. The van der Waals surface area contributed by atoms with Crippen molar-refractivity contribution in [3.8, 4) is 0 Å². The first-order valence-electron chi connectivity index (χ1n) is 9.56. The van der Waals surface area contributed by atoms with Gasteiger partial charge >= 0.3 is 6.09 Å². The van der Waals surface area contributed by atoms with Gasteiger partial charge in [0.1, 0.15) is 5.60 Å². The molecule has 1 saturated heterocycles. The average Bonchev–Trinajstić information content (AvgIpc) is 2.67. The molecular weight excluding hydrogens is 288 g/mol. The van der Waals surface area contributed by atoms with Gasteiger partial charge in [0.15, 0.2) is 0 Å². The van der Waals surface area contributed by atoms with Crippen LogP contribution < -0.4 is 5.32 Å². The first-order valence-corrected chi connectivity index (χ1v) is 9.56.